The second-order valence-corrected chi connectivity index (χ2v) is 7.04. The molecule has 0 saturated heterocycles. The maximum atomic E-state index is 10.2. The molecule has 4 nitrogen and oxygen atoms in total. The number of halogens is 3. The number of hydrogen-bond donors (Lipinski definition) is 1. The number of aromatic nitrogens is 1. The summed E-state index contributed by atoms with van der Waals surface area (Å²) in [4.78, 5) is 8.80. The van der Waals surface area contributed by atoms with E-state index in [1.54, 1.807) is 54.7 Å². The monoisotopic (exact) mass is 416 g/mol. The van der Waals surface area contributed by atoms with E-state index >= 15 is 0 Å². The van der Waals surface area contributed by atoms with Crippen molar-refractivity contribution in [2.45, 2.75) is 0 Å². The molecule has 4 aromatic rings. The minimum Gasteiger partial charge on any atom is -0.507 e. The van der Waals surface area contributed by atoms with Crippen molar-refractivity contribution >= 4 is 57.8 Å². The van der Waals surface area contributed by atoms with Crippen LogP contribution in [0.15, 0.2) is 64.0 Å². The average molecular weight is 418 g/mol. The van der Waals surface area contributed by atoms with Gasteiger partial charge in [-0.25, -0.2) is 4.98 Å². The highest BCUT2D eigenvalue weighted by atomic mass is 35.5. The zero-order valence-electron chi connectivity index (χ0n) is 13.7. The quantitative estimate of drug-likeness (QED) is 0.368. The highest BCUT2D eigenvalue weighted by Gasteiger charge is 2.13. The fourth-order valence-electron chi connectivity index (χ4n) is 2.54. The third kappa shape index (κ3) is 3.78. The van der Waals surface area contributed by atoms with Crippen molar-refractivity contribution in [1.82, 2.24) is 4.98 Å². The van der Waals surface area contributed by atoms with Gasteiger partial charge in [0.2, 0.25) is 5.89 Å². The molecule has 4 rings (SSSR count). The molecule has 134 valence electrons. The first kappa shape index (κ1) is 17.9. The molecule has 7 heteroatoms. The van der Waals surface area contributed by atoms with E-state index in [0.29, 0.717) is 37.4 Å². The number of oxazole rings is 1. The molecular formula is C20H11Cl3N2O2. The molecule has 0 amide bonds. The van der Waals surface area contributed by atoms with E-state index in [4.69, 9.17) is 39.2 Å². The lowest BCUT2D eigenvalue weighted by Crippen LogP contribution is -1.83. The van der Waals surface area contributed by atoms with Crippen molar-refractivity contribution in [1.29, 1.82) is 0 Å². The van der Waals surface area contributed by atoms with Crippen LogP contribution in [0.5, 0.6) is 5.75 Å². The summed E-state index contributed by atoms with van der Waals surface area (Å²) in [6.45, 7) is 0. The number of fused-ring (bicyclic) bond motifs is 1. The molecule has 0 bridgehead atoms. The minimum atomic E-state index is 0.0381. The van der Waals surface area contributed by atoms with Crippen LogP contribution >= 0.6 is 34.8 Å². The third-order valence-corrected chi connectivity index (χ3v) is 4.67. The molecule has 0 unspecified atom stereocenters. The van der Waals surface area contributed by atoms with Crippen molar-refractivity contribution in [3.8, 4) is 17.2 Å². The number of aromatic hydroxyl groups is 1. The van der Waals surface area contributed by atoms with Crippen LogP contribution in [0.3, 0.4) is 0 Å². The molecule has 1 heterocycles. The van der Waals surface area contributed by atoms with Crippen LogP contribution in [0, 0.1) is 0 Å². The summed E-state index contributed by atoms with van der Waals surface area (Å²) < 4.78 is 5.72. The fourth-order valence-corrected chi connectivity index (χ4v) is 3.17. The highest BCUT2D eigenvalue weighted by molar-refractivity contribution is 6.36. The summed E-state index contributed by atoms with van der Waals surface area (Å²) >= 11 is 18.0. The molecule has 3 aromatic carbocycles. The molecule has 27 heavy (non-hydrogen) atoms. The van der Waals surface area contributed by atoms with E-state index in [1.807, 2.05) is 0 Å². The minimum absolute atomic E-state index is 0.0381. The number of nitrogens with zero attached hydrogens (tertiary/aromatic N) is 2. The summed E-state index contributed by atoms with van der Waals surface area (Å²) in [7, 11) is 0. The lowest BCUT2D eigenvalue weighted by molar-refractivity contribution is 0.474. The summed E-state index contributed by atoms with van der Waals surface area (Å²) in [6, 6.07) is 15.2. The van der Waals surface area contributed by atoms with E-state index in [2.05, 4.69) is 9.98 Å². The van der Waals surface area contributed by atoms with Gasteiger partial charge in [-0.15, -0.1) is 0 Å². The van der Waals surface area contributed by atoms with Crippen molar-refractivity contribution in [3.05, 3.63) is 75.2 Å². The summed E-state index contributed by atoms with van der Waals surface area (Å²) in [5.41, 5.74) is 2.95. The van der Waals surface area contributed by atoms with Gasteiger partial charge in [0.1, 0.15) is 11.3 Å². The van der Waals surface area contributed by atoms with Crippen LogP contribution in [0.1, 0.15) is 5.56 Å². The lowest BCUT2D eigenvalue weighted by atomic mass is 10.1. The van der Waals surface area contributed by atoms with Gasteiger partial charge in [0, 0.05) is 21.8 Å². The van der Waals surface area contributed by atoms with Gasteiger partial charge in [0.25, 0.3) is 0 Å². The molecule has 0 fully saturated rings. The van der Waals surface area contributed by atoms with Crippen molar-refractivity contribution in [3.63, 3.8) is 0 Å². The van der Waals surface area contributed by atoms with Gasteiger partial charge in [0.15, 0.2) is 5.58 Å². The summed E-state index contributed by atoms with van der Waals surface area (Å²) in [5.74, 6) is 0.322. The van der Waals surface area contributed by atoms with Crippen molar-refractivity contribution in [2.75, 3.05) is 0 Å². The second kappa shape index (κ2) is 7.24. The number of benzene rings is 3. The van der Waals surface area contributed by atoms with Gasteiger partial charge < -0.3 is 9.52 Å². The van der Waals surface area contributed by atoms with Crippen LogP contribution in [-0.2, 0) is 0 Å². The van der Waals surface area contributed by atoms with Gasteiger partial charge >= 0.3 is 0 Å². The van der Waals surface area contributed by atoms with E-state index in [0.717, 1.165) is 5.56 Å². The molecule has 0 spiro atoms. The van der Waals surface area contributed by atoms with Crippen LogP contribution in [0.25, 0.3) is 22.6 Å². The first-order valence-corrected chi connectivity index (χ1v) is 9.01. The Morgan fingerprint density at radius 2 is 1.70 bits per heavy atom. The van der Waals surface area contributed by atoms with Crippen LogP contribution in [0.2, 0.25) is 15.1 Å². The van der Waals surface area contributed by atoms with Gasteiger partial charge in [-0.05, 0) is 48.5 Å². The maximum absolute atomic E-state index is 10.2. The Labute approximate surface area is 169 Å². The normalized spacial score (nSPS) is 11.5. The van der Waals surface area contributed by atoms with Crippen LogP contribution in [-0.4, -0.2) is 16.3 Å². The zero-order valence-corrected chi connectivity index (χ0v) is 15.9. The standard InChI is InChI=1S/C20H11Cl3N2O2/c21-12-2-1-11(16(23)7-12)10-24-14-4-5-18(26)15(9-14)20-25-17-8-13(22)3-6-19(17)27-20/h1-10,26H. The maximum Gasteiger partial charge on any atom is 0.231 e. The lowest BCUT2D eigenvalue weighted by Gasteiger charge is -2.02. The molecular weight excluding hydrogens is 407 g/mol. The van der Waals surface area contributed by atoms with Gasteiger partial charge in [-0.3, -0.25) is 4.99 Å². The first-order chi connectivity index (χ1) is 13.0. The number of phenols is 1. The van der Waals surface area contributed by atoms with Gasteiger partial charge in [0.05, 0.1) is 16.3 Å². The fraction of sp³-hybridized carbons (Fsp3) is 0. The van der Waals surface area contributed by atoms with Gasteiger partial charge in [-0.2, -0.15) is 0 Å². The van der Waals surface area contributed by atoms with Crippen LogP contribution in [0.4, 0.5) is 5.69 Å². The summed E-state index contributed by atoms with van der Waals surface area (Å²) in [6.07, 6.45) is 1.63. The zero-order chi connectivity index (χ0) is 19.0. The highest BCUT2D eigenvalue weighted by Crippen LogP contribution is 2.34. The Balaban J connectivity index is 1.71. The largest absolute Gasteiger partial charge is 0.507 e. The molecule has 1 N–H and O–H groups in total. The smallest absolute Gasteiger partial charge is 0.231 e. The molecule has 0 radical (unpaired) electrons. The summed E-state index contributed by atoms with van der Waals surface area (Å²) in [5, 5.41) is 11.8. The van der Waals surface area contributed by atoms with Gasteiger partial charge in [-0.1, -0.05) is 40.9 Å². The molecule has 1 aromatic heterocycles. The second-order valence-electron chi connectivity index (χ2n) is 5.76. The van der Waals surface area contributed by atoms with E-state index in [9.17, 15) is 5.11 Å². The average Bonchev–Trinajstić information content (AvgIpc) is 3.05. The topological polar surface area (TPSA) is 58.6 Å². The molecule has 0 aliphatic heterocycles. The molecule has 0 aliphatic rings. The third-order valence-electron chi connectivity index (χ3n) is 3.88. The van der Waals surface area contributed by atoms with E-state index in [-0.39, 0.29) is 11.6 Å². The Morgan fingerprint density at radius 1 is 0.926 bits per heavy atom. The molecule has 0 aliphatic carbocycles. The van der Waals surface area contributed by atoms with E-state index in [1.165, 1.54) is 6.07 Å². The number of phenolic OH excluding ortho intramolecular Hbond substituents is 1. The number of hydrogen-bond acceptors (Lipinski definition) is 4. The Morgan fingerprint density at radius 3 is 2.52 bits per heavy atom. The van der Waals surface area contributed by atoms with E-state index < -0.39 is 0 Å². The Bertz CT molecular complexity index is 1190. The van der Waals surface area contributed by atoms with Crippen LogP contribution < -0.4 is 0 Å². The molecule has 0 saturated carbocycles. The predicted octanol–water partition coefficient (Wildman–Crippen LogP) is 6.91. The predicted molar refractivity (Wildman–Crippen MR) is 110 cm³/mol. The Kier molecular flexibility index (Phi) is 4.79. The number of aliphatic imine (C=N–C) groups is 1. The van der Waals surface area contributed by atoms with Crippen molar-refractivity contribution < 1.29 is 9.52 Å². The van der Waals surface area contributed by atoms with Crippen molar-refractivity contribution in [2.24, 2.45) is 4.99 Å². The Hall–Kier alpha value is -2.53. The first-order valence-electron chi connectivity index (χ1n) is 7.88. The molecule has 0 atom stereocenters. The number of rotatable bonds is 3. The SMILES string of the molecule is Oc1ccc(N=Cc2ccc(Cl)cc2Cl)cc1-c1nc2cc(Cl)ccc2o1.